The first-order valence-electron chi connectivity index (χ1n) is 5.23. The second-order valence-electron chi connectivity index (χ2n) is 4.22. The van der Waals surface area contributed by atoms with Crippen molar-refractivity contribution >= 4 is 31.9 Å². The third-order valence-electron chi connectivity index (χ3n) is 3.00. The van der Waals surface area contributed by atoms with Crippen molar-refractivity contribution in [1.82, 2.24) is 0 Å². The molecular weight excluding hydrogens is 323 g/mol. The molecule has 2 atom stereocenters. The number of hydrogen-bond acceptors (Lipinski definition) is 0. The highest BCUT2D eigenvalue weighted by Crippen LogP contribution is 2.33. The molecule has 0 aliphatic heterocycles. The van der Waals surface area contributed by atoms with Gasteiger partial charge in [0.05, 0.1) is 0 Å². The second-order valence-corrected chi connectivity index (χ2v) is 6.43. The van der Waals surface area contributed by atoms with E-state index in [2.05, 4.69) is 31.9 Å². The fraction of sp³-hybridized carbons (Fsp3) is 0.500. The average Bonchev–Trinajstić information content (AvgIpc) is 2.56. The summed E-state index contributed by atoms with van der Waals surface area (Å²) in [7, 11) is 0. The normalized spacial score (nSPS) is 25.8. The van der Waals surface area contributed by atoms with E-state index in [9.17, 15) is 4.39 Å². The van der Waals surface area contributed by atoms with Crippen LogP contribution in [-0.2, 0) is 6.42 Å². The number of alkyl halides is 1. The first-order chi connectivity index (χ1) is 7.15. The van der Waals surface area contributed by atoms with Crippen LogP contribution in [0.4, 0.5) is 4.39 Å². The molecule has 0 spiro atoms. The Hall–Kier alpha value is 0.110. The smallest absolute Gasteiger partial charge is 0.127 e. The maximum absolute atomic E-state index is 13.6. The largest absolute Gasteiger partial charge is 0.207 e. The van der Waals surface area contributed by atoms with Gasteiger partial charge in [0.15, 0.2) is 0 Å². The first kappa shape index (κ1) is 11.6. The van der Waals surface area contributed by atoms with Crippen LogP contribution >= 0.6 is 31.9 Å². The Labute approximate surface area is 107 Å². The van der Waals surface area contributed by atoms with Gasteiger partial charge in [-0.15, -0.1) is 0 Å². The molecule has 0 radical (unpaired) electrons. The van der Waals surface area contributed by atoms with Gasteiger partial charge in [0, 0.05) is 9.30 Å². The SMILES string of the molecule is Fc1cc(Br)ccc1CC1CCC(Br)C1. The van der Waals surface area contributed by atoms with Crippen molar-refractivity contribution in [1.29, 1.82) is 0 Å². The molecule has 0 amide bonds. The number of rotatable bonds is 2. The van der Waals surface area contributed by atoms with Gasteiger partial charge in [0.1, 0.15) is 5.82 Å². The summed E-state index contributed by atoms with van der Waals surface area (Å²) in [4.78, 5) is 0.640. The minimum absolute atomic E-state index is 0.0811. The Morgan fingerprint density at radius 1 is 1.33 bits per heavy atom. The van der Waals surface area contributed by atoms with Crippen molar-refractivity contribution in [2.45, 2.75) is 30.5 Å². The Balaban J connectivity index is 2.04. The molecule has 1 aliphatic carbocycles. The molecule has 2 unspecified atom stereocenters. The molecular formula is C12H13Br2F. The van der Waals surface area contributed by atoms with Crippen molar-refractivity contribution in [3.05, 3.63) is 34.1 Å². The summed E-state index contributed by atoms with van der Waals surface area (Å²) >= 11 is 6.89. The maximum atomic E-state index is 13.6. The van der Waals surface area contributed by atoms with Gasteiger partial charge in [0.2, 0.25) is 0 Å². The van der Waals surface area contributed by atoms with Crippen LogP contribution in [0.25, 0.3) is 0 Å². The van der Waals surface area contributed by atoms with Crippen LogP contribution < -0.4 is 0 Å². The highest BCUT2D eigenvalue weighted by molar-refractivity contribution is 9.10. The van der Waals surface area contributed by atoms with E-state index in [4.69, 9.17) is 0 Å². The lowest BCUT2D eigenvalue weighted by atomic mass is 9.98. The van der Waals surface area contributed by atoms with Crippen LogP contribution in [0, 0.1) is 11.7 Å². The van der Waals surface area contributed by atoms with Gasteiger partial charge >= 0.3 is 0 Å². The van der Waals surface area contributed by atoms with Gasteiger partial charge in [-0.25, -0.2) is 4.39 Å². The van der Waals surface area contributed by atoms with Gasteiger partial charge in [-0.1, -0.05) is 37.9 Å². The Kier molecular flexibility index (Phi) is 3.83. The minimum atomic E-state index is -0.0811. The zero-order valence-electron chi connectivity index (χ0n) is 8.35. The molecule has 0 saturated heterocycles. The first-order valence-corrected chi connectivity index (χ1v) is 6.94. The van der Waals surface area contributed by atoms with Crippen LogP contribution in [0.1, 0.15) is 24.8 Å². The highest BCUT2D eigenvalue weighted by Gasteiger charge is 2.23. The van der Waals surface area contributed by atoms with Crippen LogP contribution in [-0.4, -0.2) is 4.83 Å². The predicted molar refractivity (Wildman–Crippen MR) is 67.9 cm³/mol. The van der Waals surface area contributed by atoms with Gasteiger partial charge in [-0.2, -0.15) is 0 Å². The highest BCUT2D eigenvalue weighted by atomic mass is 79.9. The van der Waals surface area contributed by atoms with Gasteiger partial charge < -0.3 is 0 Å². The Morgan fingerprint density at radius 3 is 2.73 bits per heavy atom. The maximum Gasteiger partial charge on any atom is 0.127 e. The van der Waals surface area contributed by atoms with E-state index in [1.54, 1.807) is 6.07 Å². The summed E-state index contributed by atoms with van der Waals surface area (Å²) in [5, 5.41) is 0. The molecule has 0 aromatic heterocycles. The predicted octanol–water partition coefficient (Wildman–Crippen LogP) is 4.69. The second kappa shape index (κ2) is 4.96. The van der Waals surface area contributed by atoms with Crippen molar-refractivity contribution in [3.8, 4) is 0 Å². The molecule has 2 rings (SSSR count). The van der Waals surface area contributed by atoms with E-state index >= 15 is 0 Å². The standard InChI is InChI=1S/C12H13Br2F/c13-10-3-1-8(6-10)5-9-2-4-11(14)7-12(9)15/h2,4,7-8,10H,1,3,5-6H2. The summed E-state index contributed by atoms with van der Waals surface area (Å²) < 4.78 is 14.4. The van der Waals surface area contributed by atoms with E-state index in [0.717, 1.165) is 16.5 Å². The van der Waals surface area contributed by atoms with Crippen LogP contribution in [0.15, 0.2) is 22.7 Å². The Bertz CT molecular complexity index is 351. The zero-order valence-corrected chi connectivity index (χ0v) is 11.5. The number of halogens is 3. The fourth-order valence-corrected chi connectivity index (χ4v) is 3.32. The number of hydrogen-bond donors (Lipinski definition) is 0. The van der Waals surface area contributed by atoms with Crippen molar-refractivity contribution in [3.63, 3.8) is 0 Å². The Morgan fingerprint density at radius 2 is 2.13 bits per heavy atom. The van der Waals surface area contributed by atoms with Crippen LogP contribution in [0.2, 0.25) is 0 Å². The van der Waals surface area contributed by atoms with Gasteiger partial charge in [-0.05, 0) is 49.3 Å². The molecule has 0 heterocycles. The monoisotopic (exact) mass is 334 g/mol. The van der Waals surface area contributed by atoms with Crippen molar-refractivity contribution < 1.29 is 4.39 Å². The molecule has 0 nitrogen and oxygen atoms in total. The van der Waals surface area contributed by atoms with Crippen molar-refractivity contribution in [2.75, 3.05) is 0 Å². The average molecular weight is 336 g/mol. The molecule has 1 aromatic carbocycles. The molecule has 1 aliphatic rings. The lowest BCUT2D eigenvalue weighted by molar-refractivity contribution is 0.522. The molecule has 1 saturated carbocycles. The van der Waals surface area contributed by atoms with E-state index in [0.29, 0.717) is 10.7 Å². The third-order valence-corrected chi connectivity index (χ3v) is 4.33. The van der Waals surface area contributed by atoms with E-state index < -0.39 is 0 Å². The molecule has 15 heavy (non-hydrogen) atoms. The van der Waals surface area contributed by atoms with E-state index in [1.807, 2.05) is 12.1 Å². The molecule has 3 heteroatoms. The molecule has 1 aromatic rings. The van der Waals surface area contributed by atoms with Gasteiger partial charge in [-0.3, -0.25) is 0 Å². The van der Waals surface area contributed by atoms with Gasteiger partial charge in [0.25, 0.3) is 0 Å². The van der Waals surface area contributed by atoms with Crippen LogP contribution in [0.5, 0.6) is 0 Å². The number of benzene rings is 1. The summed E-state index contributed by atoms with van der Waals surface area (Å²) in [6.45, 7) is 0. The molecule has 82 valence electrons. The summed E-state index contributed by atoms with van der Waals surface area (Å²) in [5.74, 6) is 0.562. The summed E-state index contributed by atoms with van der Waals surface area (Å²) in [6.07, 6.45) is 4.49. The third kappa shape index (κ3) is 3.04. The minimum Gasteiger partial charge on any atom is -0.207 e. The summed E-state index contributed by atoms with van der Waals surface area (Å²) in [6, 6.07) is 5.36. The molecule has 1 fully saturated rings. The fourth-order valence-electron chi connectivity index (χ4n) is 2.20. The zero-order chi connectivity index (χ0) is 10.8. The summed E-state index contributed by atoms with van der Waals surface area (Å²) in [5.41, 5.74) is 0.852. The quantitative estimate of drug-likeness (QED) is 0.687. The molecule has 0 bridgehead atoms. The van der Waals surface area contributed by atoms with Crippen molar-refractivity contribution in [2.24, 2.45) is 5.92 Å². The van der Waals surface area contributed by atoms with E-state index in [1.165, 1.54) is 19.3 Å². The lowest BCUT2D eigenvalue weighted by Gasteiger charge is -2.10. The topological polar surface area (TPSA) is 0 Å². The lowest BCUT2D eigenvalue weighted by Crippen LogP contribution is -2.02. The van der Waals surface area contributed by atoms with E-state index in [-0.39, 0.29) is 5.82 Å². The van der Waals surface area contributed by atoms with Crippen LogP contribution in [0.3, 0.4) is 0 Å². The molecule has 0 N–H and O–H groups in total.